The summed E-state index contributed by atoms with van der Waals surface area (Å²) in [5.74, 6) is -0.0113. The minimum atomic E-state index is -0.184. The minimum absolute atomic E-state index is 0.00189. The highest BCUT2D eigenvalue weighted by Crippen LogP contribution is 2.36. The summed E-state index contributed by atoms with van der Waals surface area (Å²) in [6, 6.07) is 4.14. The third kappa shape index (κ3) is 4.12. The average Bonchev–Trinajstić information content (AvgIpc) is 2.92. The molecule has 1 aliphatic heterocycles. The minimum Gasteiger partial charge on any atom is -0.462 e. The molecule has 0 radical (unpaired) electrons. The number of aromatic amines is 1. The highest BCUT2D eigenvalue weighted by atomic mass is 16.5. The third-order valence-electron chi connectivity index (χ3n) is 4.36. The number of H-pyrrole nitrogens is 1. The van der Waals surface area contributed by atoms with Gasteiger partial charge in [0.1, 0.15) is 5.92 Å². The molecule has 0 aromatic carbocycles. The van der Waals surface area contributed by atoms with Gasteiger partial charge in [0.15, 0.2) is 0 Å². The summed E-state index contributed by atoms with van der Waals surface area (Å²) in [5.41, 5.74) is 2.19. The number of aryl methyl sites for hydroxylation is 1. The van der Waals surface area contributed by atoms with Crippen molar-refractivity contribution in [1.29, 1.82) is 0 Å². The number of cyclic esters (lactones) is 1. The van der Waals surface area contributed by atoms with E-state index >= 15 is 0 Å². The molecule has 1 fully saturated rings. The smallest absolute Gasteiger partial charge is 0.315 e. The topological polar surface area (TPSA) is 42.1 Å². The predicted octanol–water partition coefficient (Wildman–Crippen LogP) is 4.52. The van der Waals surface area contributed by atoms with Crippen LogP contribution in [0.2, 0.25) is 0 Å². The lowest BCUT2D eigenvalue weighted by Gasteiger charge is -2.32. The van der Waals surface area contributed by atoms with Crippen molar-refractivity contribution in [2.75, 3.05) is 0 Å². The van der Waals surface area contributed by atoms with E-state index in [0.29, 0.717) is 0 Å². The summed E-state index contributed by atoms with van der Waals surface area (Å²) in [6.45, 7) is 9.53. The van der Waals surface area contributed by atoms with E-state index in [0.717, 1.165) is 44.2 Å². The summed E-state index contributed by atoms with van der Waals surface area (Å²) < 4.78 is 5.45. The Morgan fingerprint density at radius 1 is 1.32 bits per heavy atom. The van der Waals surface area contributed by atoms with Crippen LogP contribution in [-0.4, -0.2) is 17.1 Å². The highest BCUT2D eigenvalue weighted by molar-refractivity contribution is 5.79. The molecule has 1 saturated heterocycles. The molecule has 3 atom stereocenters. The zero-order chi connectivity index (χ0) is 15.9. The lowest BCUT2D eigenvalue weighted by atomic mass is 9.81. The molecule has 22 heavy (non-hydrogen) atoms. The normalized spacial score (nSPS) is 24.8. The quantitative estimate of drug-likeness (QED) is 0.435. The molecular weight excluding hydrogens is 274 g/mol. The van der Waals surface area contributed by atoms with Crippen molar-refractivity contribution in [1.82, 2.24) is 4.98 Å². The predicted molar refractivity (Wildman–Crippen MR) is 89.8 cm³/mol. The molecule has 120 valence electrons. The van der Waals surface area contributed by atoms with Gasteiger partial charge in [0.2, 0.25) is 0 Å². The monoisotopic (exact) mass is 301 g/mol. The molecule has 0 aliphatic carbocycles. The van der Waals surface area contributed by atoms with Gasteiger partial charge in [-0.15, -0.1) is 13.2 Å². The summed E-state index contributed by atoms with van der Waals surface area (Å²) in [4.78, 5) is 15.7. The first-order chi connectivity index (χ1) is 10.7. The van der Waals surface area contributed by atoms with Crippen molar-refractivity contribution in [3.05, 3.63) is 48.8 Å². The SMILES string of the molecule is C=CCCCCc1ccc([C@H]2C(=O)O[C@@H](C)C[C@@H]2CC=C)[nH]1. The molecule has 0 amide bonds. The molecule has 1 aromatic rings. The lowest BCUT2D eigenvalue weighted by molar-refractivity contribution is -0.158. The van der Waals surface area contributed by atoms with Gasteiger partial charge < -0.3 is 9.72 Å². The zero-order valence-electron chi connectivity index (χ0n) is 13.5. The first-order valence-electron chi connectivity index (χ1n) is 8.25. The number of hydrogen-bond acceptors (Lipinski definition) is 2. The van der Waals surface area contributed by atoms with Crippen molar-refractivity contribution in [3.8, 4) is 0 Å². The molecule has 2 heterocycles. The molecule has 3 heteroatoms. The third-order valence-corrected chi connectivity index (χ3v) is 4.36. The Morgan fingerprint density at radius 3 is 2.86 bits per heavy atom. The standard InChI is InChI=1S/C19H27NO2/c1-4-6-7-8-10-16-11-12-17(20-16)18-15(9-5-2)13-14(3)22-19(18)21/h4-5,11-12,14-15,18,20H,1-2,6-10,13H2,3H3/t14-,15-,18-/m0/s1. The van der Waals surface area contributed by atoms with E-state index in [-0.39, 0.29) is 23.9 Å². The maximum Gasteiger partial charge on any atom is 0.315 e. The lowest BCUT2D eigenvalue weighted by Crippen LogP contribution is -2.35. The van der Waals surface area contributed by atoms with Gasteiger partial charge in [0, 0.05) is 11.4 Å². The number of hydrogen-bond donors (Lipinski definition) is 1. The number of aromatic nitrogens is 1. The van der Waals surface area contributed by atoms with E-state index in [4.69, 9.17) is 4.74 Å². The van der Waals surface area contributed by atoms with Crippen LogP contribution < -0.4 is 0 Å². The van der Waals surface area contributed by atoms with E-state index in [1.54, 1.807) is 0 Å². The van der Waals surface area contributed by atoms with Gasteiger partial charge in [-0.05, 0) is 63.5 Å². The number of esters is 1. The summed E-state index contributed by atoms with van der Waals surface area (Å²) in [7, 11) is 0. The van der Waals surface area contributed by atoms with E-state index < -0.39 is 0 Å². The van der Waals surface area contributed by atoms with E-state index in [1.165, 1.54) is 5.69 Å². The number of nitrogens with one attached hydrogen (secondary N) is 1. The number of carbonyl (C=O) groups is 1. The van der Waals surface area contributed by atoms with Crippen LogP contribution >= 0.6 is 0 Å². The number of rotatable bonds is 8. The van der Waals surface area contributed by atoms with Crippen LogP contribution in [0, 0.1) is 5.92 Å². The van der Waals surface area contributed by atoms with Gasteiger partial charge >= 0.3 is 5.97 Å². The fraction of sp³-hybridized carbons (Fsp3) is 0.526. The van der Waals surface area contributed by atoms with Gasteiger partial charge in [0.25, 0.3) is 0 Å². The molecule has 1 aromatic heterocycles. The summed E-state index contributed by atoms with van der Waals surface area (Å²) >= 11 is 0. The van der Waals surface area contributed by atoms with Crippen LogP contribution in [0.1, 0.15) is 56.3 Å². The van der Waals surface area contributed by atoms with Crippen molar-refractivity contribution in [2.24, 2.45) is 5.92 Å². The molecular formula is C19H27NO2. The van der Waals surface area contributed by atoms with Gasteiger partial charge in [0.05, 0.1) is 6.10 Å². The van der Waals surface area contributed by atoms with Crippen LogP contribution in [0.4, 0.5) is 0 Å². The molecule has 0 unspecified atom stereocenters. The molecule has 0 spiro atoms. The molecule has 2 rings (SSSR count). The molecule has 1 N–H and O–H groups in total. The van der Waals surface area contributed by atoms with E-state index in [2.05, 4.69) is 24.2 Å². The van der Waals surface area contributed by atoms with E-state index in [9.17, 15) is 4.79 Å². The van der Waals surface area contributed by atoms with Crippen LogP contribution in [0.5, 0.6) is 0 Å². The second-order valence-electron chi connectivity index (χ2n) is 6.22. The fourth-order valence-electron chi connectivity index (χ4n) is 3.29. The number of ether oxygens (including phenoxy) is 1. The molecule has 1 aliphatic rings. The maximum atomic E-state index is 12.3. The Hall–Kier alpha value is -1.77. The van der Waals surface area contributed by atoms with Crippen LogP contribution in [0.15, 0.2) is 37.4 Å². The Labute approximate surface area is 133 Å². The fourth-order valence-corrected chi connectivity index (χ4v) is 3.29. The van der Waals surface area contributed by atoms with E-state index in [1.807, 2.05) is 25.1 Å². The zero-order valence-corrected chi connectivity index (χ0v) is 13.5. The number of allylic oxidation sites excluding steroid dienone is 2. The van der Waals surface area contributed by atoms with Gasteiger partial charge in [-0.3, -0.25) is 4.79 Å². The molecule has 0 saturated carbocycles. The van der Waals surface area contributed by atoms with Gasteiger partial charge in [-0.2, -0.15) is 0 Å². The molecule has 3 nitrogen and oxygen atoms in total. The molecule has 0 bridgehead atoms. The van der Waals surface area contributed by atoms with Crippen molar-refractivity contribution in [3.63, 3.8) is 0 Å². The summed E-state index contributed by atoms with van der Waals surface area (Å²) in [6.07, 6.45) is 9.96. The number of carbonyl (C=O) groups excluding carboxylic acids is 1. The van der Waals surface area contributed by atoms with Crippen molar-refractivity contribution in [2.45, 2.75) is 57.5 Å². The van der Waals surface area contributed by atoms with Crippen LogP contribution in [0.3, 0.4) is 0 Å². The Morgan fingerprint density at radius 2 is 2.14 bits per heavy atom. The average molecular weight is 301 g/mol. The van der Waals surface area contributed by atoms with Crippen molar-refractivity contribution < 1.29 is 9.53 Å². The Bertz CT molecular complexity index is 517. The Kier molecular flexibility index (Phi) is 6.05. The summed E-state index contributed by atoms with van der Waals surface area (Å²) in [5, 5.41) is 0. The second-order valence-corrected chi connectivity index (χ2v) is 6.22. The van der Waals surface area contributed by atoms with Crippen LogP contribution in [0.25, 0.3) is 0 Å². The van der Waals surface area contributed by atoms with Gasteiger partial charge in [-0.1, -0.05) is 12.2 Å². The van der Waals surface area contributed by atoms with Crippen LogP contribution in [-0.2, 0) is 16.0 Å². The first-order valence-corrected chi connectivity index (χ1v) is 8.25. The van der Waals surface area contributed by atoms with Crippen molar-refractivity contribution >= 4 is 5.97 Å². The maximum absolute atomic E-state index is 12.3. The Balaban J connectivity index is 2.04. The highest BCUT2D eigenvalue weighted by Gasteiger charge is 2.37. The largest absolute Gasteiger partial charge is 0.462 e. The second kappa shape index (κ2) is 8.02. The van der Waals surface area contributed by atoms with Gasteiger partial charge in [-0.25, -0.2) is 0 Å². The first kappa shape index (κ1) is 16.6. The number of unbranched alkanes of at least 4 members (excludes halogenated alkanes) is 2.